The number of aromatic nitrogens is 2. The van der Waals surface area contributed by atoms with Crippen molar-refractivity contribution < 1.29 is 19.3 Å². The fourth-order valence-electron chi connectivity index (χ4n) is 1.21. The van der Waals surface area contributed by atoms with Crippen LogP contribution in [-0.4, -0.2) is 45.3 Å². The van der Waals surface area contributed by atoms with Gasteiger partial charge in [-0.1, -0.05) is 0 Å². The predicted molar refractivity (Wildman–Crippen MR) is 65.5 cm³/mol. The number of ether oxygens (including phenoxy) is 1. The summed E-state index contributed by atoms with van der Waals surface area (Å²) in [6.45, 7) is 0.803. The zero-order valence-corrected chi connectivity index (χ0v) is 10.8. The molecule has 0 aliphatic heterocycles. The van der Waals surface area contributed by atoms with Crippen LogP contribution < -0.4 is 11.4 Å². The molecule has 0 fully saturated rings. The summed E-state index contributed by atoms with van der Waals surface area (Å²) in [6.07, 6.45) is 0.282. The fraction of sp³-hybridized carbons (Fsp3) is 0.556. The molecule has 4 N–H and O–H groups in total. The molecule has 1 heterocycles. The molecule has 9 heteroatoms. The highest BCUT2D eigenvalue weighted by atomic mass is 31.2. The van der Waals surface area contributed by atoms with Crippen molar-refractivity contribution in [2.45, 2.75) is 12.6 Å². The van der Waals surface area contributed by atoms with Crippen LogP contribution in [0.4, 0.5) is 5.82 Å². The lowest BCUT2D eigenvalue weighted by Gasteiger charge is -2.17. The largest absolute Gasteiger partial charge is 0.394 e. The maximum atomic E-state index is 11.4. The van der Waals surface area contributed by atoms with Gasteiger partial charge in [0.2, 0.25) is 7.37 Å². The zero-order valence-electron chi connectivity index (χ0n) is 9.89. The number of nitrogens with two attached hydrogens (primary N) is 1. The van der Waals surface area contributed by atoms with E-state index >= 15 is 0 Å². The molecule has 0 aromatic carbocycles. The Kier molecular flexibility index (Phi) is 5.03. The number of rotatable bonds is 6. The average molecular weight is 277 g/mol. The summed E-state index contributed by atoms with van der Waals surface area (Å²) in [6, 6.07) is 1.44. The highest BCUT2D eigenvalue weighted by Gasteiger charge is 2.16. The van der Waals surface area contributed by atoms with E-state index < -0.39 is 19.2 Å². The SMILES string of the molecule is CP(=O)(O)COC(CO)Cn1ccc(N)nc1=O. The quantitative estimate of drug-likeness (QED) is 0.572. The summed E-state index contributed by atoms with van der Waals surface area (Å²) in [5.74, 6) is 0.103. The van der Waals surface area contributed by atoms with Gasteiger partial charge in [-0.3, -0.25) is 9.13 Å². The number of aliphatic hydroxyl groups excluding tert-OH is 1. The number of hydrogen-bond donors (Lipinski definition) is 3. The lowest BCUT2D eigenvalue weighted by molar-refractivity contribution is 0.0225. The standard InChI is InChI=1S/C9H16N3O5P/c1-18(15,16)6-17-7(5-13)4-12-3-2-8(10)11-9(12)14/h2-3,7,13H,4-6H2,1H3,(H,15,16)(H2,10,11,14). The van der Waals surface area contributed by atoms with E-state index in [0.29, 0.717) is 0 Å². The first-order chi connectivity index (χ1) is 8.31. The minimum absolute atomic E-state index is 0.0304. The molecular formula is C9H16N3O5P. The molecule has 102 valence electrons. The van der Waals surface area contributed by atoms with Crippen LogP contribution in [0.15, 0.2) is 17.1 Å². The average Bonchev–Trinajstić information content (AvgIpc) is 2.25. The Labute approximate surface area is 103 Å². The minimum Gasteiger partial charge on any atom is -0.394 e. The van der Waals surface area contributed by atoms with Gasteiger partial charge in [0.05, 0.1) is 19.3 Å². The molecule has 18 heavy (non-hydrogen) atoms. The molecule has 1 rings (SSSR count). The minimum atomic E-state index is -3.31. The van der Waals surface area contributed by atoms with Gasteiger partial charge in [-0.15, -0.1) is 0 Å². The normalized spacial score (nSPS) is 16.2. The molecule has 0 amide bonds. The van der Waals surface area contributed by atoms with E-state index in [1.165, 1.54) is 16.8 Å². The first-order valence-electron chi connectivity index (χ1n) is 5.16. The molecule has 1 aromatic rings. The third kappa shape index (κ3) is 4.97. The summed E-state index contributed by atoms with van der Waals surface area (Å²) in [4.78, 5) is 24.0. The summed E-state index contributed by atoms with van der Waals surface area (Å²) in [7, 11) is -3.31. The number of anilines is 1. The Bertz CT molecular complexity index is 497. The van der Waals surface area contributed by atoms with Crippen molar-refractivity contribution in [2.75, 3.05) is 25.4 Å². The van der Waals surface area contributed by atoms with E-state index in [-0.39, 0.29) is 25.3 Å². The highest BCUT2D eigenvalue weighted by molar-refractivity contribution is 7.56. The first-order valence-corrected chi connectivity index (χ1v) is 7.46. The molecule has 2 atom stereocenters. The van der Waals surface area contributed by atoms with Crippen LogP contribution in [0.25, 0.3) is 0 Å². The van der Waals surface area contributed by atoms with Gasteiger partial charge < -0.3 is 20.5 Å². The second-order valence-corrected chi connectivity index (χ2v) is 6.30. The maximum absolute atomic E-state index is 11.4. The molecule has 8 nitrogen and oxygen atoms in total. The van der Waals surface area contributed by atoms with Crippen molar-refractivity contribution in [2.24, 2.45) is 0 Å². The topological polar surface area (TPSA) is 128 Å². The van der Waals surface area contributed by atoms with Gasteiger partial charge in [0.25, 0.3) is 0 Å². The second-order valence-electron chi connectivity index (χ2n) is 3.94. The van der Waals surface area contributed by atoms with E-state index in [9.17, 15) is 9.36 Å². The van der Waals surface area contributed by atoms with Gasteiger partial charge in [-0.2, -0.15) is 4.98 Å². The van der Waals surface area contributed by atoms with Crippen LogP contribution in [0, 0.1) is 0 Å². The third-order valence-corrected chi connectivity index (χ3v) is 2.68. The Morgan fingerprint density at radius 2 is 2.33 bits per heavy atom. The van der Waals surface area contributed by atoms with Crippen LogP contribution in [-0.2, 0) is 15.8 Å². The number of aliphatic hydroxyl groups is 1. The van der Waals surface area contributed by atoms with Gasteiger partial charge in [-0.05, 0) is 6.07 Å². The molecule has 2 unspecified atom stereocenters. The monoisotopic (exact) mass is 277 g/mol. The van der Waals surface area contributed by atoms with E-state index in [2.05, 4.69) is 4.98 Å². The van der Waals surface area contributed by atoms with E-state index in [0.717, 1.165) is 6.66 Å². The summed E-state index contributed by atoms with van der Waals surface area (Å²) in [5.41, 5.74) is 4.76. The zero-order chi connectivity index (χ0) is 13.8. The van der Waals surface area contributed by atoms with E-state index in [4.69, 9.17) is 20.5 Å². The lowest BCUT2D eigenvalue weighted by atomic mass is 10.3. The fourth-order valence-corrected chi connectivity index (χ4v) is 1.69. The van der Waals surface area contributed by atoms with Crippen molar-refractivity contribution in [3.63, 3.8) is 0 Å². The maximum Gasteiger partial charge on any atom is 0.349 e. The molecule has 0 bridgehead atoms. The molecule has 0 spiro atoms. The summed E-state index contributed by atoms with van der Waals surface area (Å²) in [5, 5.41) is 9.07. The van der Waals surface area contributed by atoms with Crippen molar-refractivity contribution in [3.05, 3.63) is 22.7 Å². The van der Waals surface area contributed by atoms with Gasteiger partial charge >= 0.3 is 5.69 Å². The van der Waals surface area contributed by atoms with Crippen molar-refractivity contribution in [1.82, 2.24) is 9.55 Å². The lowest BCUT2D eigenvalue weighted by Crippen LogP contribution is -2.32. The number of hydrogen-bond acceptors (Lipinski definition) is 6. The Balaban J connectivity index is 2.68. The second kappa shape index (κ2) is 6.10. The molecule has 0 saturated carbocycles. The summed E-state index contributed by atoms with van der Waals surface area (Å²) < 4.78 is 17.3. The Hall–Kier alpha value is -1.21. The molecule has 0 aliphatic rings. The van der Waals surface area contributed by atoms with Gasteiger partial charge in [-0.25, -0.2) is 4.79 Å². The predicted octanol–water partition coefficient (Wildman–Crippen LogP) is -0.939. The molecule has 0 aliphatic carbocycles. The third-order valence-electron chi connectivity index (χ3n) is 2.05. The van der Waals surface area contributed by atoms with E-state index in [1.54, 1.807) is 0 Å². The van der Waals surface area contributed by atoms with Crippen molar-refractivity contribution in [1.29, 1.82) is 0 Å². The van der Waals surface area contributed by atoms with E-state index in [1.807, 2.05) is 0 Å². The van der Waals surface area contributed by atoms with Gasteiger partial charge in [0, 0.05) is 12.9 Å². The van der Waals surface area contributed by atoms with Crippen LogP contribution in [0.2, 0.25) is 0 Å². The number of nitrogens with zero attached hydrogens (tertiary/aromatic N) is 2. The molecule has 0 saturated heterocycles. The highest BCUT2D eigenvalue weighted by Crippen LogP contribution is 2.35. The van der Waals surface area contributed by atoms with Crippen LogP contribution in [0.3, 0.4) is 0 Å². The van der Waals surface area contributed by atoms with Crippen LogP contribution in [0.5, 0.6) is 0 Å². The van der Waals surface area contributed by atoms with Gasteiger partial charge in [0.1, 0.15) is 12.2 Å². The first kappa shape index (κ1) is 14.8. The smallest absolute Gasteiger partial charge is 0.349 e. The Morgan fingerprint density at radius 3 is 2.83 bits per heavy atom. The summed E-state index contributed by atoms with van der Waals surface area (Å²) >= 11 is 0. The van der Waals surface area contributed by atoms with Crippen LogP contribution >= 0.6 is 7.37 Å². The van der Waals surface area contributed by atoms with Crippen molar-refractivity contribution >= 4 is 13.2 Å². The van der Waals surface area contributed by atoms with Gasteiger partial charge in [0.15, 0.2) is 0 Å². The Morgan fingerprint density at radius 1 is 1.67 bits per heavy atom. The van der Waals surface area contributed by atoms with Crippen LogP contribution in [0.1, 0.15) is 0 Å². The van der Waals surface area contributed by atoms with Crippen molar-refractivity contribution in [3.8, 4) is 0 Å². The molecular weight excluding hydrogens is 261 g/mol. The molecule has 0 radical (unpaired) electrons. The molecule has 1 aromatic heterocycles. The number of nitrogen functional groups attached to an aromatic ring is 1.